The van der Waals surface area contributed by atoms with E-state index >= 15 is 0 Å². The number of ether oxygens (including phenoxy) is 2. The highest BCUT2D eigenvalue weighted by atomic mass is 16.7. The molecule has 3 atom stereocenters. The number of nitrogens with two attached hydrogens (primary N) is 1. The predicted molar refractivity (Wildman–Crippen MR) is 65.0 cm³/mol. The molecule has 17 heavy (non-hydrogen) atoms. The fourth-order valence-electron chi connectivity index (χ4n) is 1.99. The number of rotatable bonds is 4. The molecular formula is C13H19NO3. The molecule has 1 aliphatic rings. The summed E-state index contributed by atoms with van der Waals surface area (Å²) >= 11 is 0. The standard InChI is InChI=1S/C13H19NO3/c1-3-8(2)12(15)11(14)9-5-4-6-10-13(9)17-7-16-10/h4-6,8,11-12,15H,3,7,14H2,1-2H3/t8?,11-,12+/m0/s1. The number of hydrogen-bond acceptors (Lipinski definition) is 4. The Balaban J connectivity index is 2.25. The van der Waals surface area contributed by atoms with Crippen molar-refractivity contribution in [1.82, 2.24) is 0 Å². The van der Waals surface area contributed by atoms with E-state index in [4.69, 9.17) is 15.2 Å². The van der Waals surface area contributed by atoms with E-state index in [0.717, 1.165) is 12.0 Å². The molecule has 3 N–H and O–H groups in total. The summed E-state index contributed by atoms with van der Waals surface area (Å²) < 4.78 is 10.7. The second-order valence-electron chi connectivity index (χ2n) is 4.48. The first-order chi connectivity index (χ1) is 8.15. The smallest absolute Gasteiger partial charge is 0.231 e. The first kappa shape index (κ1) is 12.2. The zero-order valence-corrected chi connectivity index (χ0v) is 10.2. The maximum absolute atomic E-state index is 10.1. The first-order valence-corrected chi connectivity index (χ1v) is 5.97. The average molecular weight is 237 g/mol. The van der Waals surface area contributed by atoms with Gasteiger partial charge in [-0.25, -0.2) is 0 Å². The topological polar surface area (TPSA) is 64.7 Å². The molecule has 1 unspecified atom stereocenters. The van der Waals surface area contributed by atoms with Crippen molar-refractivity contribution < 1.29 is 14.6 Å². The number of fused-ring (bicyclic) bond motifs is 1. The Kier molecular flexibility index (Phi) is 3.54. The summed E-state index contributed by atoms with van der Waals surface area (Å²) in [5, 5.41) is 10.1. The lowest BCUT2D eigenvalue weighted by Crippen LogP contribution is -2.31. The van der Waals surface area contributed by atoms with E-state index in [1.54, 1.807) is 0 Å². The minimum absolute atomic E-state index is 0.156. The van der Waals surface area contributed by atoms with E-state index in [1.165, 1.54) is 0 Å². The van der Waals surface area contributed by atoms with Crippen LogP contribution in [-0.2, 0) is 0 Å². The van der Waals surface area contributed by atoms with Gasteiger partial charge in [0.1, 0.15) is 0 Å². The summed E-state index contributed by atoms with van der Waals surface area (Å²) in [6.45, 7) is 4.25. The van der Waals surface area contributed by atoms with Crippen molar-refractivity contribution in [3.63, 3.8) is 0 Å². The summed E-state index contributed by atoms with van der Waals surface area (Å²) in [6.07, 6.45) is 0.317. The summed E-state index contributed by atoms with van der Waals surface area (Å²) in [5.41, 5.74) is 6.92. The molecule has 0 saturated heterocycles. The Labute approximate surface area is 101 Å². The number of para-hydroxylation sites is 1. The predicted octanol–water partition coefficient (Wildman–Crippen LogP) is 1.82. The zero-order chi connectivity index (χ0) is 12.4. The van der Waals surface area contributed by atoms with Gasteiger partial charge in [-0.05, 0) is 12.0 Å². The molecule has 4 nitrogen and oxygen atoms in total. The Morgan fingerprint density at radius 3 is 2.88 bits per heavy atom. The molecule has 0 amide bonds. The molecule has 2 rings (SSSR count). The van der Waals surface area contributed by atoms with Gasteiger partial charge in [-0.3, -0.25) is 0 Å². The van der Waals surface area contributed by atoms with Gasteiger partial charge in [0.25, 0.3) is 0 Å². The van der Waals surface area contributed by atoms with Gasteiger partial charge in [-0.2, -0.15) is 0 Å². The Morgan fingerprint density at radius 1 is 1.41 bits per heavy atom. The van der Waals surface area contributed by atoms with Gasteiger partial charge in [0.05, 0.1) is 12.1 Å². The molecule has 0 spiro atoms. The molecule has 1 aliphatic heterocycles. The van der Waals surface area contributed by atoms with Crippen LogP contribution in [0, 0.1) is 5.92 Å². The van der Waals surface area contributed by atoms with Crippen LogP contribution in [0.25, 0.3) is 0 Å². The lowest BCUT2D eigenvalue weighted by atomic mass is 9.91. The molecule has 1 heterocycles. The van der Waals surface area contributed by atoms with Crippen LogP contribution in [0.1, 0.15) is 31.9 Å². The van der Waals surface area contributed by atoms with Gasteiger partial charge in [0.2, 0.25) is 6.79 Å². The lowest BCUT2D eigenvalue weighted by Gasteiger charge is -2.24. The zero-order valence-electron chi connectivity index (χ0n) is 10.2. The maximum atomic E-state index is 10.1. The minimum Gasteiger partial charge on any atom is -0.454 e. The number of aliphatic hydroxyl groups is 1. The van der Waals surface area contributed by atoms with Crippen molar-refractivity contribution in [3.05, 3.63) is 23.8 Å². The SMILES string of the molecule is CCC(C)[C@@H](O)[C@@H](N)c1cccc2c1OCO2. The average Bonchev–Trinajstić information content (AvgIpc) is 2.83. The van der Waals surface area contributed by atoms with E-state index in [0.29, 0.717) is 11.5 Å². The van der Waals surface area contributed by atoms with Gasteiger partial charge >= 0.3 is 0 Å². The molecule has 1 aromatic carbocycles. The lowest BCUT2D eigenvalue weighted by molar-refractivity contribution is 0.0865. The van der Waals surface area contributed by atoms with Crippen LogP contribution in [0.15, 0.2) is 18.2 Å². The van der Waals surface area contributed by atoms with Gasteiger partial charge in [-0.1, -0.05) is 32.4 Å². The molecular weight excluding hydrogens is 218 g/mol. The first-order valence-electron chi connectivity index (χ1n) is 5.97. The summed E-state index contributed by atoms with van der Waals surface area (Å²) in [7, 11) is 0. The van der Waals surface area contributed by atoms with Crippen LogP contribution < -0.4 is 15.2 Å². The number of aliphatic hydroxyl groups excluding tert-OH is 1. The fourth-order valence-corrected chi connectivity index (χ4v) is 1.99. The van der Waals surface area contributed by atoms with Crippen molar-refractivity contribution in [2.24, 2.45) is 11.7 Å². The van der Waals surface area contributed by atoms with Crippen LogP contribution in [0.3, 0.4) is 0 Å². The van der Waals surface area contributed by atoms with Crippen molar-refractivity contribution in [2.45, 2.75) is 32.4 Å². The molecule has 0 radical (unpaired) electrons. The van der Waals surface area contributed by atoms with Crippen molar-refractivity contribution in [3.8, 4) is 11.5 Å². The normalized spacial score (nSPS) is 18.8. The number of benzene rings is 1. The van der Waals surface area contributed by atoms with Crippen LogP contribution in [0.5, 0.6) is 11.5 Å². The second-order valence-corrected chi connectivity index (χ2v) is 4.48. The molecule has 94 valence electrons. The number of hydrogen-bond donors (Lipinski definition) is 2. The second kappa shape index (κ2) is 4.94. The Morgan fingerprint density at radius 2 is 2.18 bits per heavy atom. The maximum Gasteiger partial charge on any atom is 0.231 e. The Bertz CT molecular complexity index is 394. The third-order valence-corrected chi connectivity index (χ3v) is 3.38. The van der Waals surface area contributed by atoms with Gasteiger partial charge in [0.15, 0.2) is 11.5 Å². The summed E-state index contributed by atoms with van der Waals surface area (Å²) in [6, 6.07) is 5.14. The molecule has 1 aromatic rings. The van der Waals surface area contributed by atoms with Crippen LogP contribution in [-0.4, -0.2) is 18.0 Å². The molecule has 0 saturated carbocycles. The Hall–Kier alpha value is -1.26. The van der Waals surface area contributed by atoms with Crippen molar-refractivity contribution >= 4 is 0 Å². The van der Waals surface area contributed by atoms with Crippen LogP contribution >= 0.6 is 0 Å². The third kappa shape index (κ3) is 2.23. The van der Waals surface area contributed by atoms with Gasteiger partial charge in [0, 0.05) is 5.56 Å². The quantitative estimate of drug-likeness (QED) is 0.838. The highest BCUT2D eigenvalue weighted by molar-refractivity contribution is 5.49. The van der Waals surface area contributed by atoms with Crippen LogP contribution in [0.4, 0.5) is 0 Å². The fraction of sp³-hybridized carbons (Fsp3) is 0.538. The summed E-state index contributed by atoms with van der Waals surface area (Å²) in [5.74, 6) is 1.53. The third-order valence-electron chi connectivity index (χ3n) is 3.38. The van der Waals surface area contributed by atoms with Crippen molar-refractivity contribution in [1.29, 1.82) is 0 Å². The van der Waals surface area contributed by atoms with E-state index < -0.39 is 12.1 Å². The molecule has 0 fully saturated rings. The monoisotopic (exact) mass is 237 g/mol. The van der Waals surface area contributed by atoms with Gasteiger partial charge in [-0.15, -0.1) is 0 Å². The van der Waals surface area contributed by atoms with E-state index in [1.807, 2.05) is 32.0 Å². The highest BCUT2D eigenvalue weighted by Crippen LogP contribution is 2.39. The molecule has 0 aromatic heterocycles. The van der Waals surface area contributed by atoms with E-state index in [2.05, 4.69) is 0 Å². The van der Waals surface area contributed by atoms with Crippen molar-refractivity contribution in [2.75, 3.05) is 6.79 Å². The van der Waals surface area contributed by atoms with E-state index in [-0.39, 0.29) is 12.7 Å². The molecule has 0 bridgehead atoms. The van der Waals surface area contributed by atoms with Crippen LogP contribution in [0.2, 0.25) is 0 Å². The minimum atomic E-state index is -0.573. The van der Waals surface area contributed by atoms with E-state index in [9.17, 15) is 5.11 Å². The van der Waals surface area contributed by atoms with Gasteiger partial charge < -0.3 is 20.3 Å². The molecule has 4 heteroatoms. The summed E-state index contributed by atoms with van der Waals surface area (Å²) in [4.78, 5) is 0. The largest absolute Gasteiger partial charge is 0.454 e. The molecule has 0 aliphatic carbocycles. The highest BCUT2D eigenvalue weighted by Gasteiger charge is 2.27.